The van der Waals surface area contributed by atoms with Crippen molar-refractivity contribution in [1.82, 2.24) is 4.98 Å². The molecule has 3 aromatic carbocycles. The summed E-state index contributed by atoms with van der Waals surface area (Å²) >= 11 is 3.50. The number of hydrogen-bond acceptors (Lipinski definition) is 3. The van der Waals surface area contributed by atoms with Crippen LogP contribution in [0, 0.1) is 0 Å². The maximum atomic E-state index is 13.2. The Hall–Kier alpha value is -3.44. The number of anilines is 1. The number of halogens is 1. The van der Waals surface area contributed by atoms with Crippen LogP contribution in [0.1, 0.15) is 15.9 Å². The Morgan fingerprint density at radius 2 is 1.68 bits per heavy atom. The molecule has 4 aromatic rings. The van der Waals surface area contributed by atoms with Gasteiger partial charge in [0.2, 0.25) is 0 Å². The molecule has 4 rings (SSSR count). The number of benzene rings is 3. The number of allylic oxidation sites excluding steroid dienone is 1. The number of nitrogens with one attached hydrogen (secondary N) is 1. The number of carbonyl (C=O) groups excluding carboxylic acids is 1. The van der Waals surface area contributed by atoms with Crippen molar-refractivity contribution in [3.05, 3.63) is 105 Å². The molecule has 1 N–H and O–H groups in total. The Bertz CT molecular complexity index is 1340. The highest BCUT2D eigenvalue weighted by atomic mass is 79.9. The first kappa shape index (κ1) is 20.8. The van der Waals surface area contributed by atoms with Gasteiger partial charge in [0.1, 0.15) is 0 Å². The molecule has 0 aliphatic heterocycles. The van der Waals surface area contributed by atoms with Crippen LogP contribution in [0.15, 0.2) is 88.1 Å². The van der Waals surface area contributed by atoms with Crippen molar-refractivity contribution in [2.45, 2.75) is 0 Å². The van der Waals surface area contributed by atoms with E-state index in [2.05, 4.69) is 20.9 Å². The van der Waals surface area contributed by atoms with E-state index < -0.39 is 5.56 Å². The second-order valence-corrected chi connectivity index (χ2v) is 8.36. The van der Waals surface area contributed by atoms with E-state index in [0.29, 0.717) is 11.1 Å². The molecule has 1 aromatic heterocycles. The molecule has 0 atom stereocenters. The fourth-order valence-corrected chi connectivity index (χ4v) is 3.90. The molecule has 0 aliphatic carbocycles. The van der Waals surface area contributed by atoms with Crippen LogP contribution in [0.4, 0.5) is 5.69 Å². The Kier molecular flexibility index (Phi) is 5.87. The smallest absolute Gasteiger partial charge is 0.260 e. The Balaban J connectivity index is 1.83. The van der Waals surface area contributed by atoms with Crippen molar-refractivity contribution in [3.8, 4) is 11.1 Å². The lowest BCUT2D eigenvalue weighted by Gasteiger charge is -2.12. The third kappa shape index (κ3) is 4.37. The highest BCUT2D eigenvalue weighted by Crippen LogP contribution is 2.31. The predicted molar refractivity (Wildman–Crippen MR) is 132 cm³/mol. The Morgan fingerprint density at radius 1 is 0.968 bits per heavy atom. The number of ketones is 1. The Labute approximate surface area is 189 Å². The molecule has 0 unspecified atom stereocenters. The first-order valence-electron chi connectivity index (χ1n) is 9.85. The van der Waals surface area contributed by atoms with E-state index in [-0.39, 0.29) is 11.3 Å². The van der Waals surface area contributed by atoms with Crippen LogP contribution in [-0.4, -0.2) is 24.9 Å². The summed E-state index contributed by atoms with van der Waals surface area (Å²) in [5, 5.41) is 0.812. The molecular formula is C26H21BrN2O2. The van der Waals surface area contributed by atoms with Gasteiger partial charge >= 0.3 is 0 Å². The molecule has 0 saturated carbocycles. The van der Waals surface area contributed by atoms with E-state index in [9.17, 15) is 9.59 Å². The van der Waals surface area contributed by atoms with Crippen LogP contribution in [0.25, 0.3) is 28.1 Å². The summed E-state index contributed by atoms with van der Waals surface area (Å²) in [6.07, 6.45) is 3.20. The van der Waals surface area contributed by atoms with Crippen molar-refractivity contribution in [2.75, 3.05) is 19.0 Å². The van der Waals surface area contributed by atoms with Crippen molar-refractivity contribution in [3.63, 3.8) is 0 Å². The monoisotopic (exact) mass is 472 g/mol. The van der Waals surface area contributed by atoms with Crippen molar-refractivity contribution >= 4 is 44.4 Å². The van der Waals surface area contributed by atoms with Crippen LogP contribution in [0.2, 0.25) is 0 Å². The third-order valence-electron chi connectivity index (χ3n) is 5.12. The van der Waals surface area contributed by atoms with Crippen molar-refractivity contribution < 1.29 is 4.79 Å². The SMILES string of the molecule is CN(C)c1ccc(/C=C/C(=O)c2c(-c3ccccc3)c3cc(Br)ccc3[nH]c2=O)cc1. The number of fused-ring (bicyclic) bond motifs is 1. The summed E-state index contributed by atoms with van der Waals surface area (Å²) < 4.78 is 0.874. The average Bonchev–Trinajstić information content (AvgIpc) is 2.77. The molecule has 0 spiro atoms. The lowest BCUT2D eigenvalue weighted by Crippen LogP contribution is -2.18. The van der Waals surface area contributed by atoms with Gasteiger partial charge in [0.25, 0.3) is 5.56 Å². The fraction of sp³-hybridized carbons (Fsp3) is 0.0769. The molecular weight excluding hydrogens is 452 g/mol. The van der Waals surface area contributed by atoms with E-state index in [1.165, 1.54) is 6.08 Å². The summed E-state index contributed by atoms with van der Waals surface area (Å²) in [7, 11) is 3.95. The minimum atomic E-state index is -0.397. The lowest BCUT2D eigenvalue weighted by atomic mass is 9.94. The molecule has 0 amide bonds. The van der Waals surface area contributed by atoms with Gasteiger partial charge in [0.15, 0.2) is 5.78 Å². The maximum absolute atomic E-state index is 13.2. The molecule has 5 heteroatoms. The van der Waals surface area contributed by atoms with Crippen molar-refractivity contribution in [1.29, 1.82) is 0 Å². The summed E-state index contributed by atoms with van der Waals surface area (Å²) in [5.41, 5.74) is 3.85. The highest BCUT2D eigenvalue weighted by Gasteiger charge is 2.19. The first-order valence-corrected chi connectivity index (χ1v) is 10.6. The molecule has 154 valence electrons. The van der Waals surface area contributed by atoms with Gasteiger partial charge in [-0.1, -0.05) is 64.5 Å². The molecule has 0 aliphatic rings. The molecule has 0 saturated heterocycles. The summed E-state index contributed by atoms with van der Waals surface area (Å²) in [6, 6.07) is 23.0. The minimum Gasteiger partial charge on any atom is -0.378 e. The number of hydrogen-bond donors (Lipinski definition) is 1. The summed E-state index contributed by atoms with van der Waals surface area (Å²) in [5.74, 6) is -0.335. The van der Waals surface area contributed by atoms with E-state index in [4.69, 9.17) is 0 Å². The summed E-state index contributed by atoms with van der Waals surface area (Å²) in [6.45, 7) is 0. The molecule has 31 heavy (non-hydrogen) atoms. The van der Waals surface area contributed by atoms with E-state index in [1.807, 2.05) is 91.8 Å². The minimum absolute atomic E-state index is 0.137. The number of carbonyl (C=O) groups is 1. The van der Waals surface area contributed by atoms with E-state index >= 15 is 0 Å². The van der Waals surface area contributed by atoms with Crippen molar-refractivity contribution in [2.24, 2.45) is 0 Å². The van der Waals surface area contributed by atoms with Crippen LogP contribution in [0.3, 0.4) is 0 Å². The largest absolute Gasteiger partial charge is 0.378 e. The quantitative estimate of drug-likeness (QED) is 0.289. The molecule has 0 fully saturated rings. The fourth-order valence-electron chi connectivity index (χ4n) is 3.54. The standard InChI is InChI=1S/C26H21BrN2O2/c1-29(2)20-12-8-17(9-13-20)10-15-23(30)25-24(18-6-4-3-5-7-18)21-16-19(27)11-14-22(21)28-26(25)31/h3-16H,1-2H3,(H,28,31)/b15-10+. The normalized spacial score (nSPS) is 11.2. The van der Waals surface area contributed by atoms with Crippen LogP contribution < -0.4 is 10.5 Å². The molecule has 0 radical (unpaired) electrons. The highest BCUT2D eigenvalue weighted by molar-refractivity contribution is 9.10. The van der Waals surface area contributed by atoms with Gasteiger partial charge in [-0.3, -0.25) is 9.59 Å². The topological polar surface area (TPSA) is 53.2 Å². The zero-order valence-electron chi connectivity index (χ0n) is 17.2. The van der Waals surface area contributed by atoms with E-state index in [0.717, 1.165) is 26.7 Å². The zero-order chi connectivity index (χ0) is 22.0. The van der Waals surface area contributed by atoms with Gasteiger partial charge in [0, 0.05) is 40.7 Å². The first-order chi connectivity index (χ1) is 14.9. The van der Waals surface area contributed by atoms with Gasteiger partial charge < -0.3 is 9.88 Å². The number of rotatable bonds is 5. The van der Waals surface area contributed by atoms with Crippen LogP contribution >= 0.6 is 15.9 Å². The number of H-pyrrole nitrogens is 1. The van der Waals surface area contributed by atoms with E-state index in [1.54, 1.807) is 6.08 Å². The molecule has 0 bridgehead atoms. The maximum Gasteiger partial charge on any atom is 0.260 e. The van der Waals surface area contributed by atoms with Gasteiger partial charge in [-0.2, -0.15) is 0 Å². The van der Waals surface area contributed by atoms with Gasteiger partial charge in [0.05, 0.1) is 5.56 Å². The summed E-state index contributed by atoms with van der Waals surface area (Å²) in [4.78, 5) is 31.0. The molecule has 4 nitrogen and oxygen atoms in total. The number of pyridine rings is 1. The van der Waals surface area contributed by atoms with Gasteiger partial charge in [-0.05, 0) is 47.5 Å². The predicted octanol–water partition coefficient (Wildman–Crippen LogP) is 5.92. The lowest BCUT2D eigenvalue weighted by molar-refractivity contribution is 0.104. The average molecular weight is 473 g/mol. The number of nitrogens with zero attached hydrogens (tertiary/aromatic N) is 1. The van der Waals surface area contributed by atoms with Gasteiger partial charge in [-0.15, -0.1) is 0 Å². The second kappa shape index (κ2) is 8.74. The second-order valence-electron chi connectivity index (χ2n) is 7.44. The van der Waals surface area contributed by atoms with Crippen LogP contribution in [-0.2, 0) is 0 Å². The number of aromatic nitrogens is 1. The Morgan fingerprint density at radius 3 is 2.35 bits per heavy atom. The molecule has 1 heterocycles. The number of aromatic amines is 1. The van der Waals surface area contributed by atoms with Crippen LogP contribution in [0.5, 0.6) is 0 Å². The zero-order valence-corrected chi connectivity index (χ0v) is 18.8. The third-order valence-corrected chi connectivity index (χ3v) is 5.61. The van der Waals surface area contributed by atoms with Gasteiger partial charge in [-0.25, -0.2) is 0 Å².